The van der Waals surface area contributed by atoms with Gasteiger partial charge in [0.15, 0.2) is 0 Å². The molecule has 6 nitrogen and oxygen atoms in total. The van der Waals surface area contributed by atoms with Crippen LogP contribution in [-0.4, -0.2) is 39.5 Å². The number of sulfonamides is 1. The van der Waals surface area contributed by atoms with E-state index >= 15 is 0 Å². The molecule has 0 aromatic heterocycles. The van der Waals surface area contributed by atoms with Crippen LogP contribution in [0.3, 0.4) is 0 Å². The van der Waals surface area contributed by atoms with E-state index in [1.165, 1.54) is 50.6 Å². The van der Waals surface area contributed by atoms with E-state index in [-0.39, 0.29) is 17.0 Å². The van der Waals surface area contributed by atoms with Crippen LogP contribution in [0.4, 0.5) is 13.2 Å². The zero-order valence-corrected chi connectivity index (χ0v) is 16.0. The molecular formula is C18H19F3N2O4S. The van der Waals surface area contributed by atoms with Crippen molar-refractivity contribution in [1.82, 2.24) is 9.79 Å². The molecule has 1 N–H and O–H groups in total. The van der Waals surface area contributed by atoms with Gasteiger partial charge >= 0.3 is 6.18 Å². The van der Waals surface area contributed by atoms with Crippen LogP contribution in [-0.2, 0) is 27.5 Å². The van der Waals surface area contributed by atoms with Gasteiger partial charge in [0.25, 0.3) is 15.9 Å². The van der Waals surface area contributed by atoms with Gasteiger partial charge in [0.1, 0.15) is 0 Å². The maximum Gasteiger partial charge on any atom is 0.416 e. The highest BCUT2D eigenvalue weighted by Gasteiger charge is 2.29. The highest BCUT2D eigenvalue weighted by Crippen LogP contribution is 2.29. The number of halogens is 3. The van der Waals surface area contributed by atoms with Gasteiger partial charge < -0.3 is 5.32 Å². The zero-order chi connectivity index (χ0) is 20.9. The monoisotopic (exact) mass is 416 g/mol. The van der Waals surface area contributed by atoms with Crippen LogP contribution in [0, 0.1) is 0 Å². The molecule has 0 atom stereocenters. The normalized spacial score (nSPS) is 12.2. The minimum absolute atomic E-state index is 0.0295. The van der Waals surface area contributed by atoms with Crippen molar-refractivity contribution in [2.45, 2.75) is 17.5 Å². The third-order valence-electron chi connectivity index (χ3n) is 3.99. The molecule has 28 heavy (non-hydrogen) atoms. The van der Waals surface area contributed by atoms with Crippen molar-refractivity contribution in [1.29, 1.82) is 0 Å². The van der Waals surface area contributed by atoms with E-state index in [2.05, 4.69) is 10.2 Å². The van der Waals surface area contributed by atoms with Gasteiger partial charge in [-0.2, -0.15) is 13.2 Å². The summed E-state index contributed by atoms with van der Waals surface area (Å²) in [5.74, 6) is -0.420. The number of carbonyl (C=O) groups excluding carboxylic acids is 1. The maximum absolute atomic E-state index is 12.5. The molecule has 0 aliphatic heterocycles. The number of hydrogen-bond donors (Lipinski definition) is 1. The molecule has 2 aromatic rings. The highest BCUT2D eigenvalue weighted by molar-refractivity contribution is 7.89. The molecule has 2 rings (SSSR count). The molecular weight excluding hydrogens is 397 g/mol. The first-order chi connectivity index (χ1) is 13.1. The lowest BCUT2D eigenvalue weighted by atomic mass is 10.1. The number of amides is 1. The first-order valence-electron chi connectivity index (χ1n) is 8.13. The van der Waals surface area contributed by atoms with Crippen molar-refractivity contribution in [3.8, 4) is 0 Å². The summed E-state index contributed by atoms with van der Waals surface area (Å²) in [6.07, 6.45) is -4.03. The number of hydroxylamine groups is 1. The number of rotatable bonds is 7. The molecule has 152 valence electrons. The Morgan fingerprint density at radius 3 is 2.14 bits per heavy atom. The Morgan fingerprint density at radius 2 is 1.64 bits per heavy atom. The second kappa shape index (κ2) is 8.72. The van der Waals surface area contributed by atoms with Gasteiger partial charge in [0.05, 0.1) is 17.6 Å². The number of carbonyl (C=O) groups is 1. The minimum Gasteiger partial charge on any atom is -0.352 e. The Labute approximate surface area is 160 Å². The molecule has 0 unspecified atom stereocenters. The molecule has 0 saturated heterocycles. The molecule has 0 fully saturated rings. The number of nitrogens with zero attached hydrogens (tertiary/aromatic N) is 1. The van der Waals surface area contributed by atoms with Gasteiger partial charge in [-0.15, -0.1) is 0 Å². The summed E-state index contributed by atoms with van der Waals surface area (Å²) < 4.78 is 62.5. The smallest absolute Gasteiger partial charge is 0.352 e. The molecule has 0 spiro atoms. The molecule has 0 radical (unpaired) electrons. The Morgan fingerprint density at radius 1 is 1.07 bits per heavy atom. The third-order valence-corrected chi connectivity index (χ3v) is 5.68. The summed E-state index contributed by atoms with van der Waals surface area (Å²) >= 11 is 0. The van der Waals surface area contributed by atoms with Gasteiger partial charge in [-0.05, 0) is 48.4 Å². The second-order valence-electron chi connectivity index (χ2n) is 5.82. The maximum atomic E-state index is 12.5. The average molecular weight is 416 g/mol. The topological polar surface area (TPSA) is 75.7 Å². The predicted octanol–water partition coefficient (Wildman–Crippen LogP) is 2.86. The Kier molecular flexibility index (Phi) is 6.81. The molecule has 10 heteroatoms. The summed E-state index contributed by atoms with van der Waals surface area (Å²) in [6.45, 7) is 0.219. The fourth-order valence-corrected chi connectivity index (χ4v) is 3.28. The van der Waals surface area contributed by atoms with Crippen molar-refractivity contribution in [3.05, 3.63) is 65.2 Å². The molecule has 0 bridgehead atoms. The van der Waals surface area contributed by atoms with Crippen LogP contribution < -0.4 is 5.32 Å². The Balaban J connectivity index is 1.93. The zero-order valence-electron chi connectivity index (χ0n) is 15.2. The van der Waals surface area contributed by atoms with Gasteiger partial charge in [-0.3, -0.25) is 9.63 Å². The van der Waals surface area contributed by atoms with Crippen LogP contribution in [0.5, 0.6) is 0 Å². The fraction of sp³-hybridized carbons (Fsp3) is 0.278. The van der Waals surface area contributed by atoms with Gasteiger partial charge in [0.2, 0.25) is 0 Å². The van der Waals surface area contributed by atoms with E-state index in [9.17, 15) is 26.4 Å². The summed E-state index contributed by atoms with van der Waals surface area (Å²) in [7, 11) is -1.33. The predicted molar refractivity (Wildman–Crippen MR) is 95.9 cm³/mol. The number of alkyl halides is 3. The lowest BCUT2D eigenvalue weighted by Crippen LogP contribution is -2.27. The second-order valence-corrected chi connectivity index (χ2v) is 7.76. The summed E-state index contributed by atoms with van der Waals surface area (Å²) in [4.78, 5) is 16.8. The average Bonchev–Trinajstić information content (AvgIpc) is 2.67. The van der Waals surface area contributed by atoms with E-state index in [1.807, 2.05) is 0 Å². The van der Waals surface area contributed by atoms with Crippen molar-refractivity contribution < 1.29 is 31.2 Å². The fourth-order valence-electron chi connectivity index (χ4n) is 2.31. The van der Waals surface area contributed by atoms with Crippen LogP contribution in [0.25, 0.3) is 0 Å². The summed E-state index contributed by atoms with van der Waals surface area (Å²) in [6, 6.07) is 10.0. The van der Waals surface area contributed by atoms with Crippen molar-refractivity contribution in [2.24, 2.45) is 0 Å². The first-order valence-corrected chi connectivity index (χ1v) is 9.57. The van der Waals surface area contributed by atoms with Crippen molar-refractivity contribution in [2.75, 3.05) is 20.7 Å². The molecule has 0 saturated carbocycles. The van der Waals surface area contributed by atoms with E-state index in [0.717, 1.165) is 12.1 Å². The van der Waals surface area contributed by atoms with E-state index < -0.39 is 27.7 Å². The SMILES string of the molecule is CON(C)S(=O)(=O)c1ccc(C(=O)NCCc2ccc(C(F)(F)F)cc2)cc1. The minimum atomic E-state index is -4.38. The Bertz CT molecular complexity index is 911. The molecule has 1 amide bonds. The van der Waals surface area contributed by atoms with E-state index in [0.29, 0.717) is 16.5 Å². The summed E-state index contributed by atoms with van der Waals surface area (Å²) in [5.41, 5.74) is 0.179. The first kappa shape index (κ1) is 21.9. The quantitative estimate of drug-likeness (QED) is 0.705. The standard InChI is InChI=1S/C18H19F3N2O4S/c1-23(27-2)28(25,26)16-9-5-14(6-10-16)17(24)22-12-11-13-3-7-15(8-4-13)18(19,20)21/h3-10H,11-12H2,1-2H3,(H,22,24). The van der Waals surface area contributed by atoms with Crippen LogP contribution in [0.15, 0.2) is 53.4 Å². The van der Waals surface area contributed by atoms with Gasteiger partial charge in [0, 0.05) is 19.2 Å². The Hall–Kier alpha value is -2.43. The van der Waals surface area contributed by atoms with Crippen LogP contribution >= 0.6 is 0 Å². The van der Waals surface area contributed by atoms with Crippen molar-refractivity contribution in [3.63, 3.8) is 0 Å². The highest BCUT2D eigenvalue weighted by atomic mass is 32.2. The third kappa shape index (κ3) is 5.31. The number of benzene rings is 2. The number of nitrogens with one attached hydrogen (secondary N) is 1. The van der Waals surface area contributed by atoms with E-state index in [1.54, 1.807) is 0 Å². The largest absolute Gasteiger partial charge is 0.416 e. The van der Waals surface area contributed by atoms with Crippen LogP contribution in [0.1, 0.15) is 21.5 Å². The lowest BCUT2D eigenvalue weighted by molar-refractivity contribution is -0.137. The molecule has 0 aliphatic carbocycles. The van der Waals surface area contributed by atoms with Crippen LogP contribution in [0.2, 0.25) is 0 Å². The molecule has 0 aliphatic rings. The van der Waals surface area contributed by atoms with Gasteiger partial charge in [-0.25, -0.2) is 8.42 Å². The summed E-state index contributed by atoms with van der Waals surface area (Å²) in [5, 5.41) is 2.64. The molecule has 0 heterocycles. The molecule has 2 aromatic carbocycles. The van der Waals surface area contributed by atoms with Gasteiger partial charge in [-0.1, -0.05) is 16.6 Å². The number of hydrogen-bond acceptors (Lipinski definition) is 4. The van der Waals surface area contributed by atoms with E-state index in [4.69, 9.17) is 0 Å². The van der Waals surface area contributed by atoms with Crippen molar-refractivity contribution >= 4 is 15.9 Å². The lowest BCUT2D eigenvalue weighted by Gasteiger charge is -2.14.